The standard InChI is InChI=1S/C33H31NO5/c1-33(2,3)22-15-13-21(14-16-22)29-28(30(35)25-18-17-23(38-4)19-27(25)39-5)31(36)32(37)34(29)26-12-8-10-20-9-6-7-11-24(20)26/h6-19,29,35H,1-5H3/b30-28+. The van der Waals surface area contributed by atoms with Gasteiger partial charge in [-0.1, -0.05) is 81.4 Å². The average molecular weight is 522 g/mol. The van der Waals surface area contributed by atoms with Crippen molar-refractivity contribution < 1.29 is 24.2 Å². The van der Waals surface area contributed by atoms with Crippen LogP contribution >= 0.6 is 0 Å². The van der Waals surface area contributed by atoms with E-state index in [0.717, 1.165) is 16.3 Å². The van der Waals surface area contributed by atoms with Crippen LogP contribution in [0.3, 0.4) is 0 Å². The van der Waals surface area contributed by atoms with E-state index >= 15 is 0 Å². The molecule has 4 aromatic carbocycles. The SMILES string of the molecule is COc1ccc(/C(O)=C2\C(=O)C(=O)N(c3cccc4ccccc34)C2c2ccc(C(C)(C)C)cc2)c(OC)c1. The van der Waals surface area contributed by atoms with Crippen LogP contribution in [0.5, 0.6) is 11.5 Å². The summed E-state index contributed by atoms with van der Waals surface area (Å²) in [7, 11) is 3.01. The zero-order valence-corrected chi connectivity index (χ0v) is 22.7. The Labute approximate surface area is 228 Å². The van der Waals surface area contributed by atoms with E-state index < -0.39 is 17.7 Å². The van der Waals surface area contributed by atoms with Crippen molar-refractivity contribution in [2.75, 3.05) is 19.1 Å². The first-order valence-corrected chi connectivity index (χ1v) is 12.8. The van der Waals surface area contributed by atoms with Crippen molar-refractivity contribution in [1.82, 2.24) is 0 Å². The Morgan fingerprint density at radius 2 is 1.54 bits per heavy atom. The van der Waals surface area contributed by atoms with Crippen LogP contribution in [-0.2, 0) is 15.0 Å². The number of benzene rings is 4. The molecule has 0 aliphatic carbocycles. The first-order valence-electron chi connectivity index (χ1n) is 12.8. The second kappa shape index (κ2) is 9.95. The third-order valence-electron chi connectivity index (χ3n) is 7.23. The largest absolute Gasteiger partial charge is 0.507 e. The number of Topliss-reactive ketones (excluding diaryl/α,β-unsaturated/α-hetero) is 1. The zero-order chi connectivity index (χ0) is 27.9. The zero-order valence-electron chi connectivity index (χ0n) is 22.7. The molecular formula is C33H31NO5. The van der Waals surface area contributed by atoms with E-state index in [-0.39, 0.29) is 16.7 Å². The highest BCUT2D eigenvalue weighted by atomic mass is 16.5. The number of carbonyl (C=O) groups is 2. The fourth-order valence-corrected chi connectivity index (χ4v) is 5.12. The average Bonchev–Trinajstić information content (AvgIpc) is 3.21. The van der Waals surface area contributed by atoms with Gasteiger partial charge >= 0.3 is 0 Å². The molecule has 6 nitrogen and oxygen atoms in total. The van der Waals surface area contributed by atoms with E-state index in [2.05, 4.69) is 20.8 Å². The predicted molar refractivity (Wildman–Crippen MR) is 153 cm³/mol. The van der Waals surface area contributed by atoms with Crippen molar-refractivity contribution in [2.45, 2.75) is 32.2 Å². The third kappa shape index (κ3) is 4.52. The summed E-state index contributed by atoms with van der Waals surface area (Å²) < 4.78 is 10.8. The molecule has 1 atom stereocenters. The molecule has 39 heavy (non-hydrogen) atoms. The third-order valence-corrected chi connectivity index (χ3v) is 7.23. The highest BCUT2D eigenvalue weighted by Gasteiger charge is 2.47. The molecule has 1 amide bonds. The molecular weight excluding hydrogens is 490 g/mol. The predicted octanol–water partition coefficient (Wildman–Crippen LogP) is 6.78. The molecule has 1 heterocycles. The number of rotatable bonds is 5. The van der Waals surface area contributed by atoms with Crippen LogP contribution < -0.4 is 14.4 Å². The highest BCUT2D eigenvalue weighted by Crippen LogP contribution is 2.45. The maximum atomic E-state index is 13.7. The van der Waals surface area contributed by atoms with Crippen LogP contribution in [0.2, 0.25) is 0 Å². The van der Waals surface area contributed by atoms with Crippen molar-refractivity contribution in [3.8, 4) is 11.5 Å². The van der Waals surface area contributed by atoms with Gasteiger partial charge in [0.25, 0.3) is 11.7 Å². The van der Waals surface area contributed by atoms with Crippen LogP contribution in [0.15, 0.2) is 90.5 Å². The monoisotopic (exact) mass is 521 g/mol. The number of hydrogen-bond donors (Lipinski definition) is 1. The first-order chi connectivity index (χ1) is 18.7. The molecule has 0 saturated carbocycles. The Morgan fingerprint density at radius 3 is 2.21 bits per heavy atom. The summed E-state index contributed by atoms with van der Waals surface area (Å²) in [6.07, 6.45) is 0. The van der Waals surface area contributed by atoms with Gasteiger partial charge in [0.1, 0.15) is 17.3 Å². The minimum atomic E-state index is -0.850. The van der Waals surface area contributed by atoms with Gasteiger partial charge < -0.3 is 14.6 Å². The van der Waals surface area contributed by atoms with Crippen LogP contribution in [0.25, 0.3) is 16.5 Å². The molecule has 198 valence electrons. The normalized spacial score (nSPS) is 17.1. The van der Waals surface area contributed by atoms with Gasteiger partial charge in [-0.3, -0.25) is 14.5 Å². The topological polar surface area (TPSA) is 76.1 Å². The molecule has 0 aromatic heterocycles. The second-order valence-corrected chi connectivity index (χ2v) is 10.6. The number of methoxy groups -OCH3 is 2. The number of ketones is 1. The quantitative estimate of drug-likeness (QED) is 0.178. The number of anilines is 1. The van der Waals surface area contributed by atoms with Crippen LogP contribution in [0.1, 0.15) is 43.5 Å². The fraction of sp³-hybridized carbons (Fsp3) is 0.212. The fourth-order valence-electron chi connectivity index (χ4n) is 5.12. The summed E-state index contributed by atoms with van der Waals surface area (Å²) in [5.41, 5.74) is 2.65. The molecule has 1 saturated heterocycles. The maximum absolute atomic E-state index is 13.7. The number of aliphatic hydroxyl groups is 1. The van der Waals surface area contributed by atoms with Gasteiger partial charge in [-0.05, 0) is 40.1 Å². The van der Waals surface area contributed by atoms with Gasteiger partial charge in [0.2, 0.25) is 0 Å². The van der Waals surface area contributed by atoms with Crippen LogP contribution in [0.4, 0.5) is 5.69 Å². The van der Waals surface area contributed by atoms with E-state index in [1.807, 2.05) is 66.7 Å². The smallest absolute Gasteiger partial charge is 0.300 e. The molecule has 1 fully saturated rings. The summed E-state index contributed by atoms with van der Waals surface area (Å²) in [5, 5.41) is 13.4. The summed E-state index contributed by atoms with van der Waals surface area (Å²) >= 11 is 0. The van der Waals surface area contributed by atoms with Gasteiger partial charge in [0.05, 0.1) is 37.1 Å². The first kappa shape index (κ1) is 26.0. The number of amides is 1. The van der Waals surface area contributed by atoms with E-state index in [9.17, 15) is 14.7 Å². The summed E-state index contributed by atoms with van der Waals surface area (Å²) in [4.78, 5) is 28.9. The lowest BCUT2D eigenvalue weighted by Crippen LogP contribution is -2.29. The lowest BCUT2D eigenvalue weighted by Gasteiger charge is -2.27. The number of nitrogens with zero attached hydrogens (tertiary/aromatic N) is 1. The minimum Gasteiger partial charge on any atom is -0.507 e. The summed E-state index contributed by atoms with van der Waals surface area (Å²) in [5.74, 6) is -0.909. The van der Waals surface area contributed by atoms with Crippen LogP contribution in [-0.4, -0.2) is 31.0 Å². The lowest BCUT2D eigenvalue weighted by atomic mass is 9.85. The van der Waals surface area contributed by atoms with Crippen molar-refractivity contribution >= 4 is 33.9 Å². The number of hydrogen-bond acceptors (Lipinski definition) is 5. The second-order valence-electron chi connectivity index (χ2n) is 10.6. The van der Waals surface area contributed by atoms with E-state index in [4.69, 9.17) is 9.47 Å². The molecule has 0 spiro atoms. The Bertz CT molecular complexity index is 1610. The lowest BCUT2D eigenvalue weighted by molar-refractivity contribution is -0.132. The van der Waals surface area contributed by atoms with Gasteiger partial charge in [-0.15, -0.1) is 0 Å². The number of aliphatic hydroxyl groups excluding tert-OH is 1. The minimum absolute atomic E-state index is 0.0000836. The Hall–Kier alpha value is -4.58. The van der Waals surface area contributed by atoms with Crippen molar-refractivity contribution in [1.29, 1.82) is 0 Å². The molecule has 5 rings (SSSR count). The Morgan fingerprint density at radius 1 is 0.846 bits per heavy atom. The number of carbonyl (C=O) groups excluding carboxylic acids is 2. The molecule has 1 aliphatic heterocycles. The van der Waals surface area contributed by atoms with E-state index in [1.54, 1.807) is 18.2 Å². The Balaban J connectivity index is 1.77. The van der Waals surface area contributed by atoms with Gasteiger partial charge in [-0.25, -0.2) is 0 Å². The van der Waals surface area contributed by atoms with Gasteiger partial charge in [-0.2, -0.15) is 0 Å². The molecule has 1 aliphatic rings. The Kier molecular flexibility index (Phi) is 6.64. The number of fused-ring (bicyclic) bond motifs is 1. The van der Waals surface area contributed by atoms with Crippen molar-refractivity contribution in [3.05, 3.63) is 107 Å². The summed E-state index contributed by atoms with van der Waals surface area (Å²) in [6.45, 7) is 6.38. The summed E-state index contributed by atoms with van der Waals surface area (Å²) in [6, 6.07) is 25.3. The van der Waals surface area contributed by atoms with Crippen molar-refractivity contribution in [2.24, 2.45) is 0 Å². The molecule has 1 N–H and O–H groups in total. The van der Waals surface area contributed by atoms with E-state index in [0.29, 0.717) is 28.3 Å². The van der Waals surface area contributed by atoms with E-state index in [1.165, 1.54) is 19.1 Å². The molecule has 0 bridgehead atoms. The molecule has 0 radical (unpaired) electrons. The number of ether oxygens (including phenoxy) is 2. The highest BCUT2D eigenvalue weighted by molar-refractivity contribution is 6.52. The van der Waals surface area contributed by atoms with Gasteiger partial charge in [0, 0.05) is 11.5 Å². The molecule has 4 aromatic rings. The molecule has 6 heteroatoms. The van der Waals surface area contributed by atoms with Gasteiger partial charge in [0.15, 0.2) is 0 Å². The molecule has 1 unspecified atom stereocenters. The maximum Gasteiger partial charge on any atom is 0.300 e. The van der Waals surface area contributed by atoms with Crippen molar-refractivity contribution in [3.63, 3.8) is 0 Å². The van der Waals surface area contributed by atoms with Crippen LogP contribution in [0, 0.1) is 0 Å².